The lowest BCUT2D eigenvalue weighted by molar-refractivity contribution is -0.398. The number of fused-ring (bicyclic) bond motifs is 1. The number of hydrogen-bond acceptors (Lipinski definition) is 7. The van der Waals surface area contributed by atoms with Crippen LogP contribution in [0.15, 0.2) is 52.4 Å². The second-order valence-corrected chi connectivity index (χ2v) is 5.36. The van der Waals surface area contributed by atoms with Gasteiger partial charge in [0.1, 0.15) is 0 Å². The van der Waals surface area contributed by atoms with Gasteiger partial charge >= 0.3 is 0 Å². The van der Waals surface area contributed by atoms with Crippen LogP contribution in [0.2, 0.25) is 0 Å². The van der Waals surface area contributed by atoms with E-state index in [1.165, 1.54) is 16.8 Å². The molecule has 1 heterocycles. The summed E-state index contributed by atoms with van der Waals surface area (Å²) in [6.45, 7) is 2.20. The molecule has 0 bridgehead atoms. The monoisotopic (exact) mass is 352 g/mol. The molecule has 1 N–H and O–H groups in total. The molecule has 0 spiro atoms. The zero-order valence-corrected chi connectivity index (χ0v) is 13.7. The molecular formula is C17H14N5O4-. The molecule has 0 amide bonds. The number of aromatic nitrogens is 2. The fourth-order valence-electron chi connectivity index (χ4n) is 2.47. The van der Waals surface area contributed by atoms with E-state index in [2.05, 4.69) is 15.5 Å². The standard InChI is InChI=1S/C17H15N5O4/c1-2-21-16(24)12-5-3-4-6-13(12)19-17(21)20-18-10-11-7-8-15(23)14(9-11)22(25)26/h3-10,23H,2H2,1H3,(H,19,20)/p-1/b18-10-. The zero-order valence-electron chi connectivity index (χ0n) is 13.7. The predicted molar refractivity (Wildman–Crippen MR) is 95.4 cm³/mol. The van der Waals surface area contributed by atoms with Crippen LogP contribution in [-0.4, -0.2) is 20.7 Å². The smallest absolute Gasteiger partial charge is 0.262 e. The van der Waals surface area contributed by atoms with E-state index in [-0.39, 0.29) is 11.5 Å². The molecule has 0 unspecified atom stereocenters. The second-order valence-electron chi connectivity index (χ2n) is 5.36. The van der Waals surface area contributed by atoms with Crippen molar-refractivity contribution in [2.24, 2.45) is 5.10 Å². The number of nitro benzene ring substituents is 1. The van der Waals surface area contributed by atoms with Gasteiger partial charge in [-0.1, -0.05) is 24.3 Å². The first-order valence-corrected chi connectivity index (χ1v) is 7.75. The Morgan fingerprint density at radius 2 is 2.08 bits per heavy atom. The number of hydrazone groups is 1. The highest BCUT2D eigenvalue weighted by molar-refractivity contribution is 5.82. The number of nitrogens with one attached hydrogen (secondary N) is 1. The van der Waals surface area contributed by atoms with Crippen LogP contribution in [0.1, 0.15) is 12.5 Å². The van der Waals surface area contributed by atoms with Crippen LogP contribution in [-0.2, 0) is 6.54 Å². The fourth-order valence-corrected chi connectivity index (χ4v) is 2.47. The topological polar surface area (TPSA) is 125 Å². The van der Waals surface area contributed by atoms with Crippen LogP contribution >= 0.6 is 0 Å². The first kappa shape index (κ1) is 17.1. The number of hydrogen-bond donors (Lipinski definition) is 1. The molecule has 9 heteroatoms. The normalized spacial score (nSPS) is 11.1. The van der Waals surface area contributed by atoms with Crippen molar-refractivity contribution in [2.45, 2.75) is 13.5 Å². The molecule has 3 rings (SSSR count). The summed E-state index contributed by atoms with van der Waals surface area (Å²) in [5.41, 5.74) is 2.87. The highest BCUT2D eigenvalue weighted by Crippen LogP contribution is 2.23. The van der Waals surface area contributed by atoms with E-state index in [1.54, 1.807) is 24.3 Å². The molecule has 0 radical (unpaired) electrons. The van der Waals surface area contributed by atoms with Crippen molar-refractivity contribution in [3.05, 3.63) is 68.5 Å². The van der Waals surface area contributed by atoms with Crippen LogP contribution in [0.4, 0.5) is 11.6 Å². The number of nitro groups is 1. The minimum absolute atomic E-state index is 0.192. The Bertz CT molecular complexity index is 1070. The number of para-hydroxylation sites is 1. The SMILES string of the molecule is CCn1c(N/N=C\c2ccc([O-])c([N+](=O)[O-])c2)nc2ccccc2c1=O. The van der Waals surface area contributed by atoms with E-state index in [0.717, 1.165) is 12.1 Å². The number of anilines is 1. The molecule has 26 heavy (non-hydrogen) atoms. The summed E-state index contributed by atoms with van der Waals surface area (Å²) >= 11 is 0. The molecule has 0 atom stereocenters. The average Bonchev–Trinajstić information content (AvgIpc) is 2.63. The van der Waals surface area contributed by atoms with Crippen LogP contribution < -0.4 is 16.1 Å². The van der Waals surface area contributed by atoms with Gasteiger partial charge in [0.15, 0.2) is 0 Å². The zero-order chi connectivity index (χ0) is 18.7. The van der Waals surface area contributed by atoms with Gasteiger partial charge in [0.25, 0.3) is 11.2 Å². The summed E-state index contributed by atoms with van der Waals surface area (Å²) in [4.78, 5) is 26.9. The number of rotatable bonds is 5. The molecule has 0 saturated carbocycles. The van der Waals surface area contributed by atoms with Crippen molar-refractivity contribution in [3.8, 4) is 5.75 Å². The summed E-state index contributed by atoms with van der Waals surface area (Å²) in [6, 6.07) is 10.6. The van der Waals surface area contributed by atoms with Crippen molar-refractivity contribution in [2.75, 3.05) is 5.43 Å². The van der Waals surface area contributed by atoms with Gasteiger partial charge in [0.05, 0.1) is 22.0 Å². The van der Waals surface area contributed by atoms with Crippen molar-refractivity contribution >= 4 is 28.8 Å². The molecule has 2 aromatic carbocycles. The van der Waals surface area contributed by atoms with Gasteiger partial charge in [-0.05, 0) is 24.8 Å². The average molecular weight is 352 g/mol. The summed E-state index contributed by atoms with van der Waals surface area (Å²) in [6.07, 6.45) is 1.31. The Morgan fingerprint density at radius 1 is 1.31 bits per heavy atom. The minimum Gasteiger partial charge on any atom is -0.868 e. The first-order chi connectivity index (χ1) is 12.5. The Balaban J connectivity index is 1.92. The van der Waals surface area contributed by atoms with E-state index in [9.17, 15) is 20.0 Å². The lowest BCUT2D eigenvalue weighted by atomic mass is 10.2. The molecule has 0 aliphatic rings. The minimum atomic E-state index is -0.743. The van der Waals surface area contributed by atoms with Gasteiger partial charge in [-0.2, -0.15) is 5.10 Å². The summed E-state index contributed by atoms with van der Waals surface area (Å²) in [5.74, 6) is -0.418. The number of benzene rings is 2. The van der Waals surface area contributed by atoms with Gasteiger partial charge in [-0.25, -0.2) is 10.4 Å². The van der Waals surface area contributed by atoms with Gasteiger partial charge < -0.3 is 5.11 Å². The lowest BCUT2D eigenvalue weighted by Gasteiger charge is -2.10. The molecule has 0 aliphatic carbocycles. The van der Waals surface area contributed by atoms with E-state index in [1.807, 2.05) is 6.92 Å². The van der Waals surface area contributed by atoms with Crippen LogP contribution in [0.3, 0.4) is 0 Å². The first-order valence-electron chi connectivity index (χ1n) is 7.75. The van der Waals surface area contributed by atoms with Crippen molar-refractivity contribution in [1.29, 1.82) is 0 Å². The Labute approximate surface area is 147 Å². The van der Waals surface area contributed by atoms with E-state index >= 15 is 0 Å². The molecule has 132 valence electrons. The van der Waals surface area contributed by atoms with Crippen LogP contribution in [0, 0.1) is 10.1 Å². The largest absolute Gasteiger partial charge is 0.868 e. The quantitative estimate of drug-likeness (QED) is 0.424. The maximum atomic E-state index is 12.5. The highest BCUT2D eigenvalue weighted by atomic mass is 16.6. The van der Waals surface area contributed by atoms with E-state index < -0.39 is 16.4 Å². The molecule has 3 aromatic rings. The van der Waals surface area contributed by atoms with Crippen molar-refractivity contribution in [3.63, 3.8) is 0 Å². The third-order valence-electron chi connectivity index (χ3n) is 3.74. The summed E-state index contributed by atoms with van der Waals surface area (Å²) < 4.78 is 1.43. The predicted octanol–water partition coefficient (Wildman–Crippen LogP) is 1.84. The Hall–Kier alpha value is -3.75. The van der Waals surface area contributed by atoms with E-state index in [0.29, 0.717) is 23.0 Å². The Kier molecular flexibility index (Phi) is 4.61. The van der Waals surface area contributed by atoms with Crippen LogP contribution in [0.5, 0.6) is 5.75 Å². The molecule has 1 aromatic heterocycles. The van der Waals surface area contributed by atoms with Gasteiger partial charge in [-0.15, -0.1) is 0 Å². The molecule has 9 nitrogen and oxygen atoms in total. The fraction of sp³-hybridized carbons (Fsp3) is 0.118. The van der Waals surface area contributed by atoms with Crippen LogP contribution in [0.25, 0.3) is 10.9 Å². The van der Waals surface area contributed by atoms with Gasteiger partial charge in [0, 0.05) is 18.2 Å². The maximum absolute atomic E-state index is 12.5. The van der Waals surface area contributed by atoms with E-state index in [4.69, 9.17) is 0 Å². The molecular weight excluding hydrogens is 338 g/mol. The molecule has 0 saturated heterocycles. The van der Waals surface area contributed by atoms with Gasteiger partial charge in [-0.3, -0.25) is 19.5 Å². The molecule has 0 fully saturated rings. The number of nitrogens with zero attached hydrogens (tertiary/aromatic N) is 4. The highest BCUT2D eigenvalue weighted by Gasteiger charge is 2.09. The second kappa shape index (κ2) is 7.01. The summed E-state index contributed by atoms with van der Waals surface area (Å²) in [7, 11) is 0. The maximum Gasteiger partial charge on any atom is 0.262 e. The Morgan fingerprint density at radius 3 is 2.81 bits per heavy atom. The molecule has 0 aliphatic heterocycles. The third-order valence-corrected chi connectivity index (χ3v) is 3.74. The van der Waals surface area contributed by atoms with Crippen molar-refractivity contribution in [1.82, 2.24) is 9.55 Å². The van der Waals surface area contributed by atoms with Crippen molar-refractivity contribution < 1.29 is 10.0 Å². The van der Waals surface area contributed by atoms with Gasteiger partial charge in [0.2, 0.25) is 5.95 Å². The third kappa shape index (κ3) is 3.22. The lowest BCUT2D eigenvalue weighted by Crippen LogP contribution is -2.23. The summed E-state index contributed by atoms with van der Waals surface area (Å²) in [5, 5.41) is 26.7.